The molecule has 6 heteroatoms. The highest BCUT2D eigenvalue weighted by atomic mass is 16.2. The number of anilines is 2. The van der Waals surface area contributed by atoms with Crippen molar-refractivity contribution in [3.63, 3.8) is 0 Å². The summed E-state index contributed by atoms with van der Waals surface area (Å²) in [5.41, 5.74) is 2.92. The van der Waals surface area contributed by atoms with Crippen LogP contribution in [0.1, 0.15) is 56.1 Å². The van der Waals surface area contributed by atoms with Crippen LogP contribution in [-0.4, -0.2) is 32.1 Å². The minimum atomic E-state index is -0.368. The zero-order chi connectivity index (χ0) is 22.5. The number of hydrogen-bond donors (Lipinski definition) is 2. The summed E-state index contributed by atoms with van der Waals surface area (Å²) in [5.74, 6) is 0.683. The molecular weight excluding hydrogens is 402 g/mol. The summed E-state index contributed by atoms with van der Waals surface area (Å²) < 4.78 is 0. The van der Waals surface area contributed by atoms with Crippen LogP contribution in [-0.2, 0) is 11.2 Å². The summed E-state index contributed by atoms with van der Waals surface area (Å²) in [4.78, 5) is 38.8. The Bertz CT molecular complexity index is 977. The average molecular weight is 438 g/mol. The minimum Gasteiger partial charge on any atom is -0.380 e. The van der Waals surface area contributed by atoms with Gasteiger partial charge in [-0.25, -0.2) is 0 Å². The zero-order valence-corrected chi connectivity index (χ0v) is 19.1. The molecule has 0 unspecified atom stereocenters. The number of nitrogens with one attached hydrogen (secondary N) is 2. The number of aryl methyl sites for hydroxylation is 1. The largest absolute Gasteiger partial charge is 0.380 e. The fraction of sp³-hybridized carbons (Fsp3) is 0.577. The van der Waals surface area contributed by atoms with Gasteiger partial charge in [0, 0.05) is 32.1 Å². The molecule has 1 aliphatic carbocycles. The number of nitrogens with zero attached hydrogens (tertiary/aromatic N) is 1. The third-order valence-corrected chi connectivity index (χ3v) is 7.18. The molecule has 1 saturated heterocycles. The van der Waals surface area contributed by atoms with Gasteiger partial charge >= 0.3 is 0 Å². The number of piperidine rings is 1. The van der Waals surface area contributed by atoms with Crippen LogP contribution < -0.4 is 26.4 Å². The van der Waals surface area contributed by atoms with Gasteiger partial charge in [-0.15, -0.1) is 0 Å². The first-order chi connectivity index (χ1) is 15.5. The van der Waals surface area contributed by atoms with Crippen LogP contribution in [0, 0.1) is 18.8 Å². The summed E-state index contributed by atoms with van der Waals surface area (Å²) in [6, 6.07) is 8.44. The molecular formula is C26H35N3O3. The molecule has 172 valence electrons. The molecule has 2 aromatic carbocycles. The van der Waals surface area contributed by atoms with Crippen LogP contribution in [0.2, 0.25) is 0 Å². The van der Waals surface area contributed by atoms with E-state index < -0.39 is 0 Å². The second-order valence-corrected chi connectivity index (χ2v) is 9.55. The van der Waals surface area contributed by atoms with Gasteiger partial charge in [0.05, 0.1) is 0 Å². The fourth-order valence-electron chi connectivity index (χ4n) is 5.07. The molecule has 0 aromatic heterocycles. The van der Waals surface area contributed by atoms with Crippen LogP contribution in [0.3, 0.4) is 0 Å². The van der Waals surface area contributed by atoms with E-state index in [0.29, 0.717) is 30.4 Å². The van der Waals surface area contributed by atoms with Gasteiger partial charge in [-0.3, -0.25) is 14.4 Å². The fourth-order valence-corrected chi connectivity index (χ4v) is 5.07. The molecule has 1 saturated carbocycles. The molecule has 1 amide bonds. The number of benzene rings is 1. The van der Waals surface area contributed by atoms with Crippen molar-refractivity contribution in [3.8, 4) is 0 Å². The lowest BCUT2D eigenvalue weighted by atomic mass is 9.81. The summed E-state index contributed by atoms with van der Waals surface area (Å²) in [5, 5.41) is 6.39. The van der Waals surface area contributed by atoms with E-state index in [1.54, 1.807) is 0 Å². The molecule has 2 N–H and O–H groups in total. The highest BCUT2D eigenvalue weighted by molar-refractivity contribution is 5.78. The highest BCUT2D eigenvalue weighted by Gasteiger charge is 2.29. The Balaban J connectivity index is 1.19. The molecule has 2 aromatic rings. The van der Waals surface area contributed by atoms with Crippen molar-refractivity contribution in [2.24, 2.45) is 11.8 Å². The zero-order valence-electron chi connectivity index (χ0n) is 19.1. The highest BCUT2D eigenvalue weighted by Crippen LogP contribution is 2.30. The van der Waals surface area contributed by atoms with Crippen LogP contribution in [0.25, 0.3) is 0 Å². The predicted molar refractivity (Wildman–Crippen MR) is 129 cm³/mol. The van der Waals surface area contributed by atoms with E-state index in [1.165, 1.54) is 17.5 Å². The summed E-state index contributed by atoms with van der Waals surface area (Å²) >= 11 is 0. The Kier molecular flexibility index (Phi) is 7.28. The normalized spacial score (nSPS) is 21.5. The molecule has 0 bridgehead atoms. The Hall–Kier alpha value is -2.63. The van der Waals surface area contributed by atoms with Crippen LogP contribution >= 0.6 is 0 Å². The third-order valence-electron chi connectivity index (χ3n) is 7.18. The van der Waals surface area contributed by atoms with E-state index in [1.807, 2.05) is 0 Å². The molecule has 2 fully saturated rings. The Labute approximate surface area is 190 Å². The SMILES string of the molecule is Cc1ccc(CCNC(=O)C2CCC(CNc3c(N4CCCCC4)c(=O)c3=O)CC2)cc1. The van der Waals surface area contributed by atoms with E-state index in [9.17, 15) is 14.4 Å². The second-order valence-electron chi connectivity index (χ2n) is 9.55. The topological polar surface area (TPSA) is 78.5 Å². The van der Waals surface area contributed by atoms with E-state index in [2.05, 4.69) is 46.7 Å². The minimum absolute atomic E-state index is 0.0827. The molecule has 4 rings (SSSR count). The number of carbonyl (C=O) groups is 1. The van der Waals surface area contributed by atoms with E-state index >= 15 is 0 Å². The lowest BCUT2D eigenvalue weighted by molar-refractivity contribution is -0.126. The molecule has 0 atom stereocenters. The first-order valence-corrected chi connectivity index (χ1v) is 12.2. The summed E-state index contributed by atoms with van der Waals surface area (Å²) in [6.45, 7) is 5.18. The van der Waals surface area contributed by atoms with Crippen LogP contribution in [0.15, 0.2) is 33.9 Å². The molecule has 0 radical (unpaired) electrons. The van der Waals surface area contributed by atoms with Gasteiger partial charge < -0.3 is 15.5 Å². The summed E-state index contributed by atoms with van der Waals surface area (Å²) in [6.07, 6.45) is 7.91. The predicted octanol–water partition coefficient (Wildman–Crippen LogP) is 3.16. The van der Waals surface area contributed by atoms with Crippen molar-refractivity contribution < 1.29 is 4.79 Å². The maximum absolute atomic E-state index is 12.5. The van der Waals surface area contributed by atoms with Crippen LogP contribution in [0.4, 0.5) is 11.4 Å². The lowest BCUT2D eigenvalue weighted by Crippen LogP contribution is -2.45. The average Bonchev–Trinajstić information content (AvgIpc) is 2.83. The summed E-state index contributed by atoms with van der Waals surface area (Å²) in [7, 11) is 0. The first kappa shape index (κ1) is 22.6. The van der Waals surface area contributed by atoms with Crippen molar-refractivity contribution in [2.45, 2.75) is 58.3 Å². The Morgan fingerprint density at radius 1 is 0.969 bits per heavy atom. The van der Waals surface area contributed by atoms with Gasteiger partial charge in [-0.1, -0.05) is 29.8 Å². The number of carbonyl (C=O) groups excluding carboxylic acids is 1. The quantitative estimate of drug-likeness (QED) is 0.621. The molecule has 1 aliphatic heterocycles. The molecule has 2 aliphatic rings. The van der Waals surface area contributed by atoms with Gasteiger partial charge in [0.1, 0.15) is 11.4 Å². The molecule has 1 heterocycles. The van der Waals surface area contributed by atoms with Crippen molar-refractivity contribution >= 4 is 17.3 Å². The molecule has 0 spiro atoms. The maximum Gasteiger partial charge on any atom is 0.253 e. The van der Waals surface area contributed by atoms with E-state index in [0.717, 1.165) is 58.0 Å². The van der Waals surface area contributed by atoms with E-state index in [4.69, 9.17) is 0 Å². The lowest BCUT2D eigenvalue weighted by Gasteiger charge is -2.32. The standard InChI is InChI=1S/C26H35N3O3/c1-18-5-7-19(8-6-18)13-14-27-26(32)21-11-9-20(10-12-21)17-28-22-23(25(31)24(22)30)29-15-3-2-4-16-29/h5-8,20-21,28H,2-4,9-17H2,1H3,(H,27,32). The van der Waals surface area contributed by atoms with Gasteiger partial charge in [0.2, 0.25) is 5.91 Å². The number of rotatable bonds is 8. The smallest absolute Gasteiger partial charge is 0.253 e. The Morgan fingerprint density at radius 2 is 1.66 bits per heavy atom. The van der Waals surface area contributed by atoms with Gasteiger partial charge in [-0.05, 0) is 69.8 Å². The Morgan fingerprint density at radius 3 is 2.34 bits per heavy atom. The van der Waals surface area contributed by atoms with Crippen molar-refractivity contribution in [1.82, 2.24) is 5.32 Å². The molecule has 32 heavy (non-hydrogen) atoms. The van der Waals surface area contributed by atoms with Gasteiger partial charge in [0.15, 0.2) is 0 Å². The van der Waals surface area contributed by atoms with Gasteiger partial charge in [-0.2, -0.15) is 0 Å². The van der Waals surface area contributed by atoms with Crippen molar-refractivity contribution in [2.75, 3.05) is 36.4 Å². The van der Waals surface area contributed by atoms with Crippen molar-refractivity contribution in [1.29, 1.82) is 0 Å². The maximum atomic E-state index is 12.5. The van der Waals surface area contributed by atoms with Crippen molar-refractivity contribution in [3.05, 3.63) is 55.8 Å². The monoisotopic (exact) mass is 437 g/mol. The first-order valence-electron chi connectivity index (χ1n) is 12.2. The number of hydrogen-bond acceptors (Lipinski definition) is 5. The van der Waals surface area contributed by atoms with Crippen LogP contribution in [0.5, 0.6) is 0 Å². The van der Waals surface area contributed by atoms with E-state index in [-0.39, 0.29) is 22.7 Å². The second kappa shape index (κ2) is 10.3. The third kappa shape index (κ3) is 5.22. The van der Waals surface area contributed by atoms with Gasteiger partial charge in [0.25, 0.3) is 10.9 Å². The molecule has 6 nitrogen and oxygen atoms in total. The number of amides is 1.